The Morgan fingerprint density at radius 3 is 2.38 bits per heavy atom. The van der Waals surface area contributed by atoms with Crippen molar-refractivity contribution < 1.29 is 32.7 Å². The van der Waals surface area contributed by atoms with Gasteiger partial charge in [0.25, 0.3) is 5.91 Å². The molecule has 12 heteroatoms. The number of carboxylic acid groups (broad SMARTS) is 1. The third-order valence-corrected chi connectivity index (χ3v) is 8.01. The van der Waals surface area contributed by atoms with Gasteiger partial charge in [-0.25, -0.2) is 9.78 Å². The SMILES string of the molecule is CC1CCC(C(=O)N(CC(F)(F)F)c2cc(-c3ccc(NC(=O)c4cscn4)cc3)sc2C(=O)O)CC1. The third kappa shape index (κ3) is 6.55. The summed E-state index contributed by atoms with van der Waals surface area (Å²) in [5.41, 5.74) is 2.56. The first-order valence-corrected chi connectivity index (χ1v) is 13.3. The Morgan fingerprint density at radius 1 is 1.14 bits per heavy atom. The fourth-order valence-electron chi connectivity index (χ4n) is 4.30. The van der Waals surface area contributed by atoms with Gasteiger partial charge in [-0.1, -0.05) is 19.1 Å². The highest BCUT2D eigenvalue weighted by Gasteiger charge is 2.39. The van der Waals surface area contributed by atoms with Crippen LogP contribution < -0.4 is 10.2 Å². The molecule has 0 atom stereocenters. The van der Waals surface area contributed by atoms with Crippen LogP contribution >= 0.6 is 22.7 Å². The minimum Gasteiger partial charge on any atom is -0.477 e. The monoisotopic (exact) mass is 551 g/mol. The minimum absolute atomic E-state index is 0.255. The minimum atomic E-state index is -4.70. The second-order valence-electron chi connectivity index (χ2n) is 9.03. The van der Waals surface area contributed by atoms with E-state index in [0.29, 0.717) is 39.8 Å². The van der Waals surface area contributed by atoms with Gasteiger partial charge in [-0.3, -0.25) is 9.59 Å². The second-order valence-corrected chi connectivity index (χ2v) is 10.8. The summed E-state index contributed by atoms with van der Waals surface area (Å²) in [6, 6.07) is 7.77. The maximum absolute atomic E-state index is 13.5. The Labute approximate surface area is 219 Å². The van der Waals surface area contributed by atoms with Gasteiger partial charge in [0.1, 0.15) is 17.1 Å². The van der Waals surface area contributed by atoms with E-state index in [0.717, 1.165) is 24.2 Å². The molecule has 0 saturated heterocycles. The number of nitrogens with one attached hydrogen (secondary N) is 1. The molecule has 3 aromatic rings. The molecule has 0 bridgehead atoms. The van der Waals surface area contributed by atoms with Crippen LogP contribution in [0, 0.1) is 11.8 Å². The molecule has 1 fully saturated rings. The molecule has 2 aromatic heterocycles. The fourth-order valence-corrected chi connectivity index (χ4v) is 5.84. The second kappa shape index (κ2) is 11.0. The maximum atomic E-state index is 13.5. The molecule has 0 aliphatic heterocycles. The molecule has 196 valence electrons. The van der Waals surface area contributed by atoms with Crippen molar-refractivity contribution in [1.29, 1.82) is 0 Å². The van der Waals surface area contributed by atoms with E-state index in [-0.39, 0.29) is 22.2 Å². The summed E-state index contributed by atoms with van der Waals surface area (Å²) in [5.74, 6) is -2.67. The topological polar surface area (TPSA) is 99.6 Å². The number of anilines is 2. The predicted octanol–water partition coefficient (Wildman–Crippen LogP) is 6.54. The number of carboxylic acids is 1. The summed E-state index contributed by atoms with van der Waals surface area (Å²) in [7, 11) is 0. The van der Waals surface area contributed by atoms with Crippen LogP contribution in [0.15, 0.2) is 41.2 Å². The fraction of sp³-hybridized carbons (Fsp3) is 0.360. The smallest absolute Gasteiger partial charge is 0.406 e. The van der Waals surface area contributed by atoms with Crippen LogP contribution in [0.3, 0.4) is 0 Å². The van der Waals surface area contributed by atoms with Gasteiger partial charge in [0.15, 0.2) is 0 Å². The lowest BCUT2D eigenvalue weighted by Crippen LogP contribution is -2.43. The number of halogens is 3. The number of carbonyl (C=O) groups is 3. The molecule has 1 aromatic carbocycles. The first kappa shape index (κ1) is 26.8. The number of benzene rings is 1. The van der Waals surface area contributed by atoms with Gasteiger partial charge < -0.3 is 15.3 Å². The maximum Gasteiger partial charge on any atom is 0.406 e. The Morgan fingerprint density at radius 2 is 1.81 bits per heavy atom. The number of aromatic nitrogens is 1. The van der Waals surface area contributed by atoms with Crippen LogP contribution in [0.5, 0.6) is 0 Å². The predicted molar refractivity (Wildman–Crippen MR) is 136 cm³/mol. The highest BCUT2D eigenvalue weighted by atomic mass is 32.1. The van der Waals surface area contributed by atoms with E-state index in [1.54, 1.807) is 29.6 Å². The molecule has 0 unspecified atom stereocenters. The summed E-state index contributed by atoms with van der Waals surface area (Å²) in [4.78, 5) is 42.0. The number of thiazole rings is 1. The average Bonchev–Trinajstić information content (AvgIpc) is 3.53. The molecule has 0 radical (unpaired) electrons. The van der Waals surface area contributed by atoms with Crippen molar-refractivity contribution in [2.75, 3.05) is 16.8 Å². The number of alkyl halides is 3. The molecule has 1 saturated carbocycles. The molecule has 2 N–H and O–H groups in total. The van der Waals surface area contributed by atoms with E-state index in [1.807, 2.05) is 6.92 Å². The van der Waals surface area contributed by atoms with Crippen LogP contribution in [-0.4, -0.2) is 40.6 Å². The molecule has 7 nitrogen and oxygen atoms in total. The van der Waals surface area contributed by atoms with Crippen molar-refractivity contribution in [3.8, 4) is 10.4 Å². The molecule has 37 heavy (non-hydrogen) atoms. The van der Waals surface area contributed by atoms with Gasteiger partial charge in [-0.15, -0.1) is 22.7 Å². The number of amides is 2. The van der Waals surface area contributed by atoms with E-state index in [2.05, 4.69) is 10.3 Å². The van der Waals surface area contributed by atoms with E-state index in [9.17, 15) is 32.7 Å². The lowest BCUT2D eigenvalue weighted by molar-refractivity contribution is -0.135. The number of aromatic carboxylic acids is 1. The zero-order valence-corrected chi connectivity index (χ0v) is 21.4. The van der Waals surface area contributed by atoms with Crippen LogP contribution in [-0.2, 0) is 4.79 Å². The van der Waals surface area contributed by atoms with Crippen molar-refractivity contribution >= 4 is 51.8 Å². The number of nitrogens with zero attached hydrogens (tertiary/aromatic N) is 2. The van der Waals surface area contributed by atoms with Gasteiger partial charge in [0, 0.05) is 21.9 Å². The Balaban J connectivity index is 1.62. The van der Waals surface area contributed by atoms with Crippen molar-refractivity contribution in [3.05, 3.63) is 51.8 Å². The van der Waals surface area contributed by atoms with Crippen molar-refractivity contribution in [1.82, 2.24) is 4.98 Å². The van der Waals surface area contributed by atoms with Gasteiger partial charge in [-0.05, 0) is 55.4 Å². The van der Waals surface area contributed by atoms with Crippen LogP contribution in [0.2, 0.25) is 0 Å². The molecular weight excluding hydrogens is 527 g/mol. The summed E-state index contributed by atoms with van der Waals surface area (Å²) in [6.07, 6.45) is -2.28. The number of hydrogen-bond donors (Lipinski definition) is 2. The average molecular weight is 552 g/mol. The molecule has 1 aliphatic carbocycles. The third-order valence-electron chi connectivity index (χ3n) is 6.26. The highest BCUT2D eigenvalue weighted by molar-refractivity contribution is 7.18. The molecule has 1 aliphatic rings. The Kier molecular flexibility index (Phi) is 7.98. The number of thiophene rings is 1. The highest BCUT2D eigenvalue weighted by Crippen LogP contribution is 2.40. The number of carbonyl (C=O) groups excluding carboxylic acids is 2. The zero-order valence-electron chi connectivity index (χ0n) is 19.7. The molecule has 2 heterocycles. The largest absolute Gasteiger partial charge is 0.477 e. The quantitative estimate of drug-likeness (QED) is 0.347. The normalized spacial score (nSPS) is 17.8. The van der Waals surface area contributed by atoms with Crippen molar-refractivity contribution in [3.63, 3.8) is 0 Å². The van der Waals surface area contributed by atoms with Gasteiger partial charge in [-0.2, -0.15) is 13.2 Å². The molecule has 4 rings (SSSR count). The van der Waals surface area contributed by atoms with Crippen LogP contribution in [0.4, 0.5) is 24.5 Å². The number of rotatable bonds is 7. The summed E-state index contributed by atoms with van der Waals surface area (Å²) < 4.78 is 40.6. The lowest BCUT2D eigenvalue weighted by atomic mass is 9.82. The lowest BCUT2D eigenvalue weighted by Gasteiger charge is -2.31. The van der Waals surface area contributed by atoms with E-state index in [4.69, 9.17) is 0 Å². The summed E-state index contributed by atoms with van der Waals surface area (Å²) in [6.45, 7) is 0.480. The van der Waals surface area contributed by atoms with Crippen molar-refractivity contribution in [2.24, 2.45) is 11.8 Å². The van der Waals surface area contributed by atoms with Gasteiger partial charge in [0.05, 0.1) is 11.2 Å². The number of hydrogen-bond acceptors (Lipinski definition) is 6. The summed E-state index contributed by atoms with van der Waals surface area (Å²) in [5, 5.41) is 14.1. The van der Waals surface area contributed by atoms with Gasteiger partial charge >= 0.3 is 12.1 Å². The Hall–Kier alpha value is -3.25. The van der Waals surface area contributed by atoms with E-state index >= 15 is 0 Å². The molecular formula is C25H24F3N3O4S2. The molecule has 0 spiro atoms. The van der Waals surface area contributed by atoms with Crippen molar-refractivity contribution in [2.45, 2.75) is 38.8 Å². The first-order chi connectivity index (χ1) is 17.5. The standard InChI is InChI=1S/C25H24F3N3O4S2/c1-14-2-4-16(5-3-14)23(33)31(12-25(26,27)28)19-10-20(37-21(19)24(34)35)15-6-8-17(9-7-15)30-22(32)18-11-36-13-29-18/h6-11,13-14,16H,2-5,12H2,1H3,(H,30,32)(H,34,35). The van der Waals surface area contributed by atoms with Crippen LogP contribution in [0.25, 0.3) is 10.4 Å². The molecule has 2 amide bonds. The van der Waals surface area contributed by atoms with Crippen LogP contribution in [0.1, 0.15) is 52.8 Å². The van der Waals surface area contributed by atoms with Gasteiger partial charge in [0.2, 0.25) is 5.91 Å². The van der Waals surface area contributed by atoms with E-state index in [1.165, 1.54) is 22.9 Å². The summed E-state index contributed by atoms with van der Waals surface area (Å²) >= 11 is 2.08. The zero-order chi connectivity index (χ0) is 26.7. The first-order valence-electron chi connectivity index (χ1n) is 11.6. The van der Waals surface area contributed by atoms with E-state index < -0.39 is 30.5 Å². The Bertz CT molecular complexity index is 1270.